The van der Waals surface area contributed by atoms with Gasteiger partial charge in [0.1, 0.15) is 11.4 Å². The second kappa shape index (κ2) is 4.94. The van der Waals surface area contributed by atoms with Crippen LogP contribution < -0.4 is 0 Å². The molecule has 0 amide bonds. The number of carbonyl (C=O) groups is 1. The van der Waals surface area contributed by atoms with Crippen LogP contribution in [0.2, 0.25) is 0 Å². The first kappa shape index (κ1) is 14.0. The summed E-state index contributed by atoms with van der Waals surface area (Å²) in [6.45, 7) is 7.19. The second-order valence-corrected chi connectivity index (χ2v) is 5.62. The molecule has 19 heavy (non-hydrogen) atoms. The highest BCUT2D eigenvalue weighted by Gasteiger charge is 2.46. The second-order valence-electron chi connectivity index (χ2n) is 5.62. The van der Waals surface area contributed by atoms with E-state index in [4.69, 9.17) is 9.47 Å². The first-order valence-electron chi connectivity index (χ1n) is 6.43. The summed E-state index contributed by atoms with van der Waals surface area (Å²) in [5.41, 5.74) is -1.65. The average Bonchev–Trinajstić information content (AvgIpc) is 2.70. The Balaban J connectivity index is 2.31. The normalized spacial score (nSPS) is 31.0. The molecule has 0 spiro atoms. The van der Waals surface area contributed by atoms with Crippen molar-refractivity contribution in [1.29, 1.82) is 0 Å². The van der Waals surface area contributed by atoms with E-state index in [9.17, 15) is 9.90 Å². The Bertz CT molecular complexity index is 442. The molecule has 2 aliphatic rings. The fraction of sp³-hybridized carbons (Fsp3) is 0.533. The molecule has 0 saturated carbocycles. The zero-order chi connectivity index (χ0) is 14.1. The Morgan fingerprint density at radius 3 is 3.00 bits per heavy atom. The van der Waals surface area contributed by atoms with E-state index in [1.165, 1.54) is 6.08 Å². The number of ketones is 1. The summed E-state index contributed by atoms with van der Waals surface area (Å²) in [5.74, 6) is 0.445. The van der Waals surface area contributed by atoms with Crippen molar-refractivity contribution in [3.05, 3.63) is 36.6 Å². The Labute approximate surface area is 113 Å². The van der Waals surface area contributed by atoms with Crippen molar-refractivity contribution in [3.8, 4) is 0 Å². The molecular formula is C15H20O4. The van der Waals surface area contributed by atoms with Gasteiger partial charge in [-0.25, -0.2) is 0 Å². The molecule has 1 unspecified atom stereocenters. The lowest BCUT2D eigenvalue weighted by molar-refractivity contribution is -0.120. The summed E-state index contributed by atoms with van der Waals surface area (Å²) in [6, 6.07) is 0. The predicted molar refractivity (Wildman–Crippen MR) is 71.2 cm³/mol. The van der Waals surface area contributed by atoms with Crippen molar-refractivity contribution < 1.29 is 19.4 Å². The van der Waals surface area contributed by atoms with Crippen molar-refractivity contribution in [1.82, 2.24) is 0 Å². The average molecular weight is 264 g/mol. The third-order valence-electron chi connectivity index (χ3n) is 3.38. The molecule has 1 N–H and O–H groups in total. The number of hydrogen-bond donors (Lipinski definition) is 1. The van der Waals surface area contributed by atoms with Crippen LogP contribution in [0.15, 0.2) is 36.6 Å². The quantitative estimate of drug-likeness (QED) is 0.790. The summed E-state index contributed by atoms with van der Waals surface area (Å²) < 4.78 is 11.1. The largest absolute Gasteiger partial charge is 0.468 e. The molecule has 0 aromatic heterocycles. The van der Waals surface area contributed by atoms with Crippen LogP contribution in [-0.2, 0) is 14.3 Å². The zero-order valence-corrected chi connectivity index (χ0v) is 11.4. The van der Waals surface area contributed by atoms with Crippen LogP contribution in [0.5, 0.6) is 0 Å². The van der Waals surface area contributed by atoms with E-state index in [1.54, 1.807) is 32.1 Å². The predicted octanol–water partition coefficient (Wildman–Crippen LogP) is 2.11. The highest BCUT2D eigenvalue weighted by molar-refractivity contribution is 5.94. The smallest absolute Gasteiger partial charge is 0.190 e. The van der Waals surface area contributed by atoms with Gasteiger partial charge in [-0.15, -0.1) is 6.58 Å². The standard InChI is InChI=1S/C15H20O4/c1-4-5-11-9-15(7-6-14(2,3)17)13(8-12(11)16)18-10-19-15/h4,6-8,11,17H,1,5,9-10H2,2-3H3/b7-6+/t11?,15-/m1/s1. The maximum absolute atomic E-state index is 11.9. The Hall–Kier alpha value is -1.39. The molecular weight excluding hydrogens is 244 g/mol. The molecule has 1 heterocycles. The lowest BCUT2D eigenvalue weighted by atomic mass is 9.78. The van der Waals surface area contributed by atoms with Crippen molar-refractivity contribution in [2.45, 2.75) is 37.9 Å². The number of ether oxygens (including phenoxy) is 2. The molecule has 1 fully saturated rings. The first-order chi connectivity index (χ1) is 8.86. The summed E-state index contributed by atoms with van der Waals surface area (Å²) in [7, 11) is 0. The molecule has 0 aromatic carbocycles. The molecule has 1 saturated heterocycles. The van der Waals surface area contributed by atoms with Gasteiger partial charge in [-0.1, -0.05) is 12.2 Å². The van der Waals surface area contributed by atoms with E-state index in [-0.39, 0.29) is 18.5 Å². The minimum absolute atomic E-state index is 0.0488. The number of allylic oxidation sites excluding steroid dienone is 2. The van der Waals surface area contributed by atoms with Crippen molar-refractivity contribution in [2.24, 2.45) is 5.92 Å². The van der Waals surface area contributed by atoms with Gasteiger partial charge in [0.15, 0.2) is 12.6 Å². The van der Waals surface area contributed by atoms with E-state index in [2.05, 4.69) is 6.58 Å². The number of carbonyl (C=O) groups excluding carboxylic acids is 1. The van der Waals surface area contributed by atoms with Gasteiger partial charge in [0.2, 0.25) is 0 Å². The van der Waals surface area contributed by atoms with Gasteiger partial charge in [0.25, 0.3) is 0 Å². The van der Waals surface area contributed by atoms with E-state index < -0.39 is 11.2 Å². The van der Waals surface area contributed by atoms with Crippen LogP contribution in [0.4, 0.5) is 0 Å². The SMILES string of the molecule is C=CCC1C[C@@]2(/C=C/C(C)(C)O)OCOC2=CC1=O. The van der Waals surface area contributed by atoms with Gasteiger partial charge >= 0.3 is 0 Å². The van der Waals surface area contributed by atoms with E-state index in [0.717, 1.165) is 0 Å². The Morgan fingerprint density at radius 1 is 1.63 bits per heavy atom. The minimum atomic E-state index is -0.929. The van der Waals surface area contributed by atoms with Crippen molar-refractivity contribution in [3.63, 3.8) is 0 Å². The summed E-state index contributed by atoms with van der Waals surface area (Å²) >= 11 is 0. The number of hydrogen-bond acceptors (Lipinski definition) is 4. The monoisotopic (exact) mass is 264 g/mol. The molecule has 4 heteroatoms. The van der Waals surface area contributed by atoms with Crippen LogP contribution in [0.25, 0.3) is 0 Å². The van der Waals surface area contributed by atoms with Crippen LogP contribution in [0, 0.1) is 5.92 Å². The molecule has 1 aliphatic heterocycles. The van der Waals surface area contributed by atoms with Crippen LogP contribution in [0.1, 0.15) is 26.7 Å². The number of aliphatic hydroxyl groups is 1. The fourth-order valence-electron chi connectivity index (χ4n) is 2.37. The third kappa shape index (κ3) is 2.96. The first-order valence-corrected chi connectivity index (χ1v) is 6.43. The van der Waals surface area contributed by atoms with E-state index >= 15 is 0 Å². The molecule has 2 rings (SSSR count). The molecule has 2 atom stereocenters. The van der Waals surface area contributed by atoms with Crippen molar-refractivity contribution in [2.75, 3.05) is 6.79 Å². The summed E-state index contributed by atoms with van der Waals surface area (Å²) in [5, 5.41) is 9.80. The Morgan fingerprint density at radius 2 is 2.37 bits per heavy atom. The molecule has 1 aliphatic carbocycles. The van der Waals surface area contributed by atoms with Crippen LogP contribution >= 0.6 is 0 Å². The van der Waals surface area contributed by atoms with E-state index in [0.29, 0.717) is 18.6 Å². The minimum Gasteiger partial charge on any atom is -0.468 e. The maximum Gasteiger partial charge on any atom is 0.190 e. The van der Waals surface area contributed by atoms with Crippen LogP contribution in [-0.4, -0.2) is 28.9 Å². The van der Waals surface area contributed by atoms with Gasteiger partial charge in [-0.3, -0.25) is 4.79 Å². The maximum atomic E-state index is 11.9. The molecule has 0 radical (unpaired) electrons. The van der Waals surface area contributed by atoms with E-state index in [1.807, 2.05) is 0 Å². The highest BCUT2D eigenvalue weighted by Crippen LogP contribution is 2.41. The Kier molecular flexibility index (Phi) is 3.65. The lowest BCUT2D eigenvalue weighted by Gasteiger charge is -2.31. The van der Waals surface area contributed by atoms with Gasteiger partial charge in [-0.05, 0) is 32.8 Å². The summed E-state index contributed by atoms with van der Waals surface area (Å²) in [4.78, 5) is 11.9. The van der Waals surface area contributed by atoms with Crippen LogP contribution in [0.3, 0.4) is 0 Å². The van der Waals surface area contributed by atoms with Crippen molar-refractivity contribution >= 4 is 5.78 Å². The lowest BCUT2D eigenvalue weighted by Crippen LogP contribution is -2.37. The highest BCUT2D eigenvalue weighted by atomic mass is 16.7. The molecule has 4 nitrogen and oxygen atoms in total. The third-order valence-corrected chi connectivity index (χ3v) is 3.38. The number of rotatable bonds is 4. The van der Waals surface area contributed by atoms with Gasteiger partial charge < -0.3 is 14.6 Å². The molecule has 0 aromatic rings. The summed E-state index contributed by atoms with van der Waals surface area (Å²) in [6.07, 6.45) is 7.87. The molecule has 0 bridgehead atoms. The zero-order valence-electron chi connectivity index (χ0n) is 11.4. The van der Waals surface area contributed by atoms with Gasteiger partial charge in [0, 0.05) is 12.0 Å². The topological polar surface area (TPSA) is 55.8 Å². The molecule has 104 valence electrons. The van der Waals surface area contributed by atoms with Gasteiger partial charge in [-0.2, -0.15) is 0 Å². The fourth-order valence-corrected chi connectivity index (χ4v) is 2.37. The number of fused-ring (bicyclic) bond motifs is 1. The van der Waals surface area contributed by atoms with Gasteiger partial charge in [0.05, 0.1) is 5.60 Å².